The third-order valence-corrected chi connectivity index (χ3v) is 5.57. The first kappa shape index (κ1) is 20.3. The highest BCUT2D eigenvalue weighted by atomic mass is 35.5. The summed E-state index contributed by atoms with van der Waals surface area (Å²) in [6.45, 7) is 0. The molecule has 3 rings (SSSR count). The summed E-state index contributed by atoms with van der Waals surface area (Å²) in [5.41, 5.74) is 3.56. The molecule has 1 heterocycles. The Morgan fingerprint density at radius 2 is 1.86 bits per heavy atom. The fourth-order valence-electron chi connectivity index (χ4n) is 2.63. The second-order valence-corrected chi connectivity index (χ2v) is 8.00. The maximum atomic E-state index is 13.0. The third-order valence-electron chi connectivity index (χ3n) is 3.89. The Bertz CT molecular complexity index is 1300. The smallest absolute Gasteiger partial charge is 0.396 e. The van der Waals surface area contributed by atoms with Gasteiger partial charge in [0, 0.05) is 5.56 Å². The van der Waals surface area contributed by atoms with Crippen LogP contribution in [0.25, 0.3) is 11.0 Å². The van der Waals surface area contributed by atoms with Crippen LogP contribution in [-0.2, 0) is 16.2 Å². The average Bonchev–Trinajstić information content (AvgIpc) is 2.89. The zero-order valence-corrected chi connectivity index (χ0v) is 15.9. The zero-order valence-electron chi connectivity index (χ0n) is 13.5. The molecule has 0 amide bonds. The lowest BCUT2D eigenvalue weighted by atomic mass is 10.1. The summed E-state index contributed by atoms with van der Waals surface area (Å²) in [5, 5.41) is 4.87. The van der Waals surface area contributed by atoms with E-state index in [0.717, 1.165) is 28.8 Å². The fraction of sp³-hybridized carbons (Fsp3) is 0.0667. The highest BCUT2D eigenvalue weighted by Gasteiger charge is 2.34. The largest absolute Gasteiger partial charge is 0.418 e. The number of halogens is 4. The molecule has 148 valence electrons. The van der Waals surface area contributed by atoms with E-state index in [1.807, 2.05) is 0 Å². The van der Waals surface area contributed by atoms with Crippen LogP contribution < -0.4 is 10.9 Å². The lowest BCUT2D eigenvalue weighted by molar-refractivity contribution is -0.136. The van der Waals surface area contributed by atoms with Gasteiger partial charge >= 0.3 is 6.18 Å². The number of nitrogens with two attached hydrogens (primary N) is 2. The van der Waals surface area contributed by atoms with Crippen molar-refractivity contribution in [2.24, 2.45) is 5.14 Å². The molecule has 1 aromatic heterocycles. The number of hydrogen-bond acceptors (Lipinski definition) is 5. The van der Waals surface area contributed by atoms with Crippen LogP contribution in [0.3, 0.4) is 0 Å². The third kappa shape index (κ3) is 3.39. The van der Waals surface area contributed by atoms with E-state index in [9.17, 15) is 26.4 Å². The molecule has 0 saturated heterocycles. The van der Waals surface area contributed by atoms with Gasteiger partial charge in [0.2, 0.25) is 10.0 Å². The molecule has 0 bridgehead atoms. The summed E-state index contributed by atoms with van der Waals surface area (Å²) in [7, 11) is -4.21. The lowest BCUT2D eigenvalue weighted by Crippen LogP contribution is -2.16. The van der Waals surface area contributed by atoms with Crippen LogP contribution in [0, 0.1) is 4.77 Å². The minimum Gasteiger partial charge on any atom is -0.396 e. The van der Waals surface area contributed by atoms with Gasteiger partial charge in [-0.25, -0.2) is 13.6 Å². The molecule has 0 fully saturated rings. The summed E-state index contributed by atoms with van der Waals surface area (Å²) >= 11 is 10.8. The van der Waals surface area contributed by atoms with Gasteiger partial charge in [-0.3, -0.25) is 9.36 Å². The normalized spacial score (nSPS) is 12.5. The van der Waals surface area contributed by atoms with Crippen LogP contribution in [0.15, 0.2) is 35.2 Å². The van der Waals surface area contributed by atoms with Crippen molar-refractivity contribution in [1.29, 1.82) is 0 Å². The molecule has 7 nitrogen and oxygen atoms in total. The first-order valence-corrected chi connectivity index (χ1v) is 9.63. The average molecular weight is 451 g/mol. The van der Waals surface area contributed by atoms with E-state index in [0.29, 0.717) is 0 Å². The van der Waals surface area contributed by atoms with Crippen molar-refractivity contribution in [3.63, 3.8) is 0 Å². The van der Waals surface area contributed by atoms with E-state index >= 15 is 0 Å². The first-order chi connectivity index (χ1) is 12.8. The number of nitrogens with zero attached hydrogens (tertiary/aromatic N) is 1. The molecule has 0 atom stereocenters. The van der Waals surface area contributed by atoms with E-state index in [2.05, 4.69) is 4.98 Å². The number of primary sulfonamides is 1. The molecule has 0 unspecified atom stereocenters. The molecule has 0 aliphatic carbocycles. The van der Waals surface area contributed by atoms with Crippen molar-refractivity contribution >= 4 is 56.5 Å². The number of hydrogen-bond donors (Lipinski definition) is 3. The van der Waals surface area contributed by atoms with Gasteiger partial charge in [0.15, 0.2) is 4.77 Å². The number of H-pyrrole nitrogens is 1. The maximum Gasteiger partial charge on any atom is 0.418 e. The number of alkyl halides is 3. The second-order valence-electron chi connectivity index (χ2n) is 5.68. The SMILES string of the molecule is Nc1c(C(F)(F)F)ccc2c1[nH]c(=S)n2C(=O)c1ccc(Cl)c(S(N)(=O)=O)c1. The van der Waals surface area contributed by atoms with E-state index in [1.165, 1.54) is 6.07 Å². The number of fused-ring (bicyclic) bond motifs is 1. The zero-order chi connectivity index (χ0) is 21.0. The standard InChI is InChI=1S/C15H10ClF3N4O3S2/c16-8-3-1-6(5-10(8)28(21,25)26)13(24)23-9-4-2-7(15(17,18)19)11(20)12(9)22-14(23)27/h1-5H,20H2,(H,22,27)(H2,21,25,26). The van der Waals surface area contributed by atoms with Crippen molar-refractivity contribution < 1.29 is 26.4 Å². The summed E-state index contributed by atoms with van der Waals surface area (Å²) < 4.78 is 62.9. The van der Waals surface area contributed by atoms with Crippen molar-refractivity contribution in [3.8, 4) is 0 Å². The number of carbonyl (C=O) groups excluding carboxylic acids is 1. The number of aromatic nitrogens is 2. The Balaban J connectivity index is 2.23. The highest BCUT2D eigenvalue weighted by Crippen LogP contribution is 2.37. The van der Waals surface area contributed by atoms with Crippen LogP contribution >= 0.6 is 23.8 Å². The quantitative estimate of drug-likeness (QED) is 0.408. The molecule has 0 spiro atoms. The highest BCUT2D eigenvalue weighted by molar-refractivity contribution is 7.89. The summed E-state index contributed by atoms with van der Waals surface area (Å²) in [5.74, 6) is -0.808. The van der Waals surface area contributed by atoms with E-state index in [4.69, 9.17) is 34.7 Å². The molecule has 0 aliphatic rings. The maximum absolute atomic E-state index is 13.0. The Morgan fingerprint density at radius 1 is 1.21 bits per heavy atom. The second kappa shape index (κ2) is 6.58. The molecule has 5 N–H and O–H groups in total. The molecule has 28 heavy (non-hydrogen) atoms. The fourth-order valence-corrected chi connectivity index (χ4v) is 3.98. The molecular weight excluding hydrogens is 441 g/mol. The molecule has 3 aromatic rings. The molecule has 0 aliphatic heterocycles. The Morgan fingerprint density at radius 3 is 2.43 bits per heavy atom. The van der Waals surface area contributed by atoms with Crippen molar-refractivity contribution in [3.05, 3.63) is 51.3 Å². The van der Waals surface area contributed by atoms with Gasteiger partial charge in [-0.15, -0.1) is 0 Å². The number of carbonyl (C=O) groups is 1. The molecular formula is C15H10ClF3N4O3S2. The van der Waals surface area contributed by atoms with E-state index in [-0.39, 0.29) is 26.4 Å². The number of benzene rings is 2. The number of imidazole rings is 1. The molecule has 13 heteroatoms. The van der Waals surface area contributed by atoms with Gasteiger partial charge in [0.1, 0.15) is 4.90 Å². The number of nitrogens with one attached hydrogen (secondary N) is 1. The topological polar surface area (TPSA) is 124 Å². The first-order valence-electron chi connectivity index (χ1n) is 7.30. The van der Waals surface area contributed by atoms with Crippen LogP contribution in [-0.4, -0.2) is 23.9 Å². The number of sulfonamides is 1. The van der Waals surface area contributed by atoms with Gasteiger partial charge in [0.25, 0.3) is 5.91 Å². The Labute approximate surface area is 165 Å². The van der Waals surface area contributed by atoms with Crippen molar-refractivity contribution in [1.82, 2.24) is 9.55 Å². The number of aromatic amines is 1. The van der Waals surface area contributed by atoms with Gasteiger partial charge in [-0.1, -0.05) is 11.6 Å². The number of anilines is 1. The predicted molar refractivity (Wildman–Crippen MR) is 99.1 cm³/mol. The number of nitrogen functional groups attached to an aromatic ring is 1. The van der Waals surface area contributed by atoms with Crippen LogP contribution in [0.1, 0.15) is 15.9 Å². The summed E-state index contributed by atoms with van der Waals surface area (Å²) in [6.07, 6.45) is -4.69. The van der Waals surface area contributed by atoms with Crippen LogP contribution in [0.2, 0.25) is 5.02 Å². The van der Waals surface area contributed by atoms with E-state index < -0.39 is 38.3 Å². The van der Waals surface area contributed by atoms with Crippen LogP contribution in [0.4, 0.5) is 18.9 Å². The Kier molecular flexibility index (Phi) is 4.78. The van der Waals surface area contributed by atoms with Crippen molar-refractivity contribution in [2.75, 3.05) is 5.73 Å². The van der Waals surface area contributed by atoms with Gasteiger partial charge < -0.3 is 10.7 Å². The summed E-state index contributed by atoms with van der Waals surface area (Å²) in [4.78, 5) is 14.9. The predicted octanol–water partition coefficient (Wildman–Crippen LogP) is 3.29. The molecule has 0 radical (unpaired) electrons. The Hall–Kier alpha value is -2.41. The monoisotopic (exact) mass is 450 g/mol. The van der Waals surface area contributed by atoms with Crippen LogP contribution in [0.5, 0.6) is 0 Å². The number of rotatable bonds is 2. The minimum absolute atomic E-state index is 0.00685. The minimum atomic E-state index is -4.69. The van der Waals surface area contributed by atoms with Crippen molar-refractivity contribution in [2.45, 2.75) is 11.1 Å². The van der Waals surface area contributed by atoms with Gasteiger partial charge in [-0.05, 0) is 42.5 Å². The summed E-state index contributed by atoms with van der Waals surface area (Å²) in [6, 6.07) is 5.10. The molecule has 0 saturated carbocycles. The molecule has 2 aromatic carbocycles. The lowest BCUT2D eigenvalue weighted by Gasteiger charge is -2.11. The van der Waals surface area contributed by atoms with E-state index in [1.54, 1.807) is 0 Å². The van der Waals surface area contributed by atoms with Gasteiger partial charge in [-0.2, -0.15) is 13.2 Å². The van der Waals surface area contributed by atoms with Gasteiger partial charge in [0.05, 0.1) is 27.3 Å².